The van der Waals surface area contributed by atoms with E-state index >= 15 is 0 Å². The molecule has 2 saturated heterocycles. The van der Waals surface area contributed by atoms with Gasteiger partial charge in [0.25, 0.3) is 0 Å². The Hall–Kier alpha value is -1.80. The van der Waals surface area contributed by atoms with Crippen molar-refractivity contribution in [1.82, 2.24) is 9.21 Å². The number of nitrogens with zero attached hydrogens (tertiary/aromatic N) is 2. The van der Waals surface area contributed by atoms with E-state index in [1.807, 2.05) is 0 Å². The second-order valence-electron chi connectivity index (χ2n) is 6.52. The van der Waals surface area contributed by atoms with Crippen molar-refractivity contribution in [2.75, 3.05) is 26.2 Å². The van der Waals surface area contributed by atoms with Gasteiger partial charge < -0.3 is 4.90 Å². The highest BCUT2D eigenvalue weighted by molar-refractivity contribution is 7.89. The van der Waals surface area contributed by atoms with Crippen LogP contribution in [0.3, 0.4) is 0 Å². The minimum Gasteiger partial charge on any atom is -0.342 e. The Kier molecular flexibility index (Phi) is 5.19. The molecule has 1 unspecified atom stereocenters. The van der Waals surface area contributed by atoms with E-state index in [4.69, 9.17) is 0 Å². The summed E-state index contributed by atoms with van der Waals surface area (Å²) in [6.07, 6.45) is 1.98. The van der Waals surface area contributed by atoms with E-state index in [-0.39, 0.29) is 23.1 Å². The summed E-state index contributed by atoms with van der Waals surface area (Å²) in [6, 6.07) is 4.72. The van der Waals surface area contributed by atoms with Crippen LogP contribution in [0.25, 0.3) is 0 Å². The van der Waals surface area contributed by atoms with Crippen LogP contribution >= 0.6 is 0 Å². The summed E-state index contributed by atoms with van der Waals surface area (Å²) in [6.45, 7) is 1.31. The highest BCUT2D eigenvalue weighted by Gasteiger charge is 2.35. The molecular weight excluding hydrogens is 347 g/mol. The minimum absolute atomic E-state index is 0.0329. The average molecular weight is 368 g/mol. The highest BCUT2D eigenvalue weighted by Crippen LogP contribution is 2.26. The van der Waals surface area contributed by atoms with Crippen molar-refractivity contribution in [1.29, 1.82) is 0 Å². The molecular formula is C17H21FN2O4S. The minimum atomic E-state index is -3.74. The molecule has 0 bridgehead atoms. The molecule has 2 aliphatic heterocycles. The zero-order valence-electron chi connectivity index (χ0n) is 13.9. The Morgan fingerprint density at radius 1 is 1.08 bits per heavy atom. The van der Waals surface area contributed by atoms with Crippen molar-refractivity contribution in [3.05, 3.63) is 30.1 Å². The van der Waals surface area contributed by atoms with Crippen LogP contribution in [0.1, 0.15) is 25.7 Å². The van der Waals surface area contributed by atoms with Crippen molar-refractivity contribution in [3.8, 4) is 0 Å². The third kappa shape index (κ3) is 3.90. The average Bonchev–Trinajstić information content (AvgIpc) is 2.62. The van der Waals surface area contributed by atoms with Gasteiger partial charge in [0.15, 0.2) is 0 Å². The molecule has 1 amide bonds. The Morgan fingerprint density at radius 2 is 1.72 bits per heavy atom. The van der Waals surface area contributed by atoms with Gasteiger partial charge in [-0.25, -0.2) is 12.8 Å². The largest absolute Gasteiger partial charge is 0.342 e. The Bertz CT molecular complexity index is 753. The van der Waals surface area contributed by atoms with Crippen LogP contribution in [-0.2, 0) is 19.6 Å². The van der Waals surface area contributed by atoms with Gasteiger partial charge in [-0.05, 0) is 37.1 Å². The van der Waals surface area contributed by atoms with Gasteiger partial charge in [0.2, 0.25) is 15.9 Å². The van der Waals surface area contributed by atoms with Gasteiger partial charge in [-0.3, -0.25) is 9.59 Å². The number of benzene rings is 1. The maximum Gasteiger partial charge on any atom is 0.243 e. The molecule has 0 saturated carbocycles. The van der Waals surface area contributed by atoms with E-state index in [1.54, 1.807) is 4.90 Å². The number of halogens is 1. The Morgan fingerprint density at radius 3 is 2.36 bits per heavy atom. The normalized spacial score (nSPS) is 22.8. The predicted molar refractivity (Wildman–Crippen MR) is 88.7 cm³/mol. The molecule has 0 N–H and O–H groups in total. The van der Waals surface area contributed by atoms with E-state index in [1.165, 1.54) is 16.4 Å². The summed E-state index contributed by atoms with van der Waals surface area (Å²) >= 11 is 0. The number of hydrogen-bond acceptors (Lipinski definition) is 4. The quantitative estimate of drug-likeness (QED) is 0.809. The van der Waals surface area contributed by atoms with Crippen LogP contribution in [0, 0.1) is 11.7 Å². The van der Waals surface area contributed by atoms with Crippen molar-refractivity contribution < 1.29 is 22.4 Å². The molecule has 2 fully saturated rings. The van der Waals surface area contributed by atoms with Crippen molar-refractivity contribution in [3.63, 3.8) is 0 Å². The van der Waals surface area contributed by atoms with E-state index in [9.17, 15) is 22.4 Å². The lowest BCUT2D eigenvalue weighted by atomic mass is 9.97. The standard InChI is InChI=1S/C17H21FN2O4S/c18-14-3-5-16(6-4-14)25(23,24)20-9-1-2-13(12-20)17(22)19-10-7-15(21)8-11-19/h3-6,13H,1-2,7-12H2. The van der Waals surface area contributed by atoms with E-state index < -0.39 is 21.8 Å². The van der Waals surface area contributed by atoms with Crippen LogP contribution in [-0.4, -0.2) is 55.5 Å². The van der Waals surface area contributed by atoms with E-state index in [0.717, 1.165) is 12.1 Å². The van der Waals surface area contributed by atoms with Gasteiger partial charge in [-0.1, -0.05) is 0 Å². The molecule has 1 aromatic rings. The van der Waals surface area contributed by atoms with Crippen LogP contribution in [0.4, 0.5) is 4.39 Å². The number of amides is 1. The number of carbonyl (C=O) groups is 2. The van der Waals surface area contributed by atoms with Gasteiger partial charge in [0.1, 0.15) is 11.6 Å². The summed E-state index contributed by atoms with van der Waals surface area (Å²) in [5.74, 6) is -0.804. The first-order valence-electron chi connectivity index (χ1n) is 8.44. The Balaban J connectivity index is 1.71. The van der Waals surface area contributed by atoms with Crippen LogP contribution in [0.5, 0.6) is 0 Å². The number of hydrogen-bond donors (Lipinski definition) is 0. The summed E-state index contributed by atoms with van der Waals surface area (Å²) in [4.78, 5) is 25.7. The number of Topliss-reactive ketones (excluding diaryl/α,β-unsaturated/α-hetero) is 1. The summed E-state index contributed by atoms with van der Waals surface area (Å²) in [7, 11) is -3.74. The molecule has 0 aromatic heterocycles. The third-order valence-corrected chi connectivity index (χ3v) is 6.70. The zero-order chi connectivity index (χ0) is 18.0. The fourth-order valence-corrected chi connectivity index (χ4v) is 4.88. The Labute approximate surface area is 146 Å². The molecule has 8 heteroatoms. The SMILES string of the molecule is O=C1CCN(C(=O)C2CCCN(S(=O)(=O)c3ccc(F)cc3)C2)CC1. The maximum atomic E-state index is 13.0. The molecule has 3 rings (SSSR count). The number of sulfonamides is 1. The molecule has 1 atom stereocenters. The van der Waals surface area contributed by atoms with Crippen LogP contribution < -0.4 is 0 Å². The van der Waals surface area contributed by atoms with E-state index in [0.29, 0.717) is 45.3 Å². The van der Waals surface area contributed by atoms with Crippen LogP contribution in [0.15, 0.2) is 29.2 Å². The van der Waals surface area contributed by atoms with Gasteiger partial charge >= 0.3 is 0 Å². The fraction of sp³-hybridized carbons (Fsp3) is 0.529. The molecule has 6 nitrogen and oxygen atoms in total. The predicted octanol–water partition coefficient (Wildman–Crippen LogP) is 1.42. The van der Waals surface area contributed by atoms with Crippen molar-refractivity contribution in [2.24, 2.45) is 5.92 Å². The monoisotopic (exact) mass is 368 g/mol. The maximum absolute atomic E-state index is 13.0. The molecule has 136 valence electrons. The molecule has 2 heterocycles. The first-order chi connectivity index (χ1) is 11.9. The second-order valence-corrected chi connectivity index (χ2v) is 8.46. The zero-order valence-corrected chi connectivity index (χ0v) is 14.7. The number of likely N-dealkylation sites (tertiary alicyclic amines) is 1. The van der Waals surface area contributed by atoms with Gasteiger partial charge in [0.05, 0.1) is 10.8 Å². The number of piperidine rings is 2. The summed E-state index contributed by atoms with van der Waals surface area (Å²) in [5, 5.41) is 0. The number of carbonyl (C=O) groups excluding carboxylic acids is 2. The molecule has 0 spiro atoms. The van der Waals surface area contributed by atoms with Crippen LogP contribution in [0.2, 0.25) is 0 Å². The molecule has 0 radical (unpaired) electrons. The van der Waals surface area contributed by atoms with Gasteiger partial charge in [-0.15, -0.1) is 0 Å². The first-order valence-corrected chi connectivity index (χ1v) is 9.88. The molecule has 25 heavy (non-hydrogen) atoms. The third-order valence-electron chi connectivity index (χ3n) is 4.82. The molecule has 1 aromatic carbocycles. The summed E-state index contributed by atoms with van der Waals surface area (Å²) in [5.41, 5.74) is 0. The fourth-order valence-electron chi connectivity index (χ4n) is 3.35. The molecule has 2 aliphatic rings. The lowest BCUT2D eigenvalue weighted by Gasteiger charge is -2.35. The van der Waals surface area contributed by atoms with Crippen molar-refractivity contribution >= 4 is 21.7 Å². The lowest BCUT2D eigenvalue weighted by Crippen LogP contribution is -2.48. The number of rotatable bonds is 3. The van der Waals surface area contributed by atoms with Crippen molar-refractivity contribution in [2.45, 2.75) is 30.6 Å². The number of ketones is 1. The van der Waals surface area contributed by atoms with E-state index in [2.05, 4.69) is 0 Å². The first kappa shape index (κ1) is 18.0. The highest BCUT2D eigenvalue weighted by atomic mass is 32.2. The lowest BCUT2D eigenvalue weighted by molar-refractivity contribution is -0.139. The van der Waals surface area contributed by atoms with Gasteiger partial charge in [-0.2, -0.15) is 4.31 Å². The second kappa shape index (κ2) is 7.21. The topological polar surface area (TPSA) is 74.8 Å². The summed E-state index contributed by atoms with van der Waals surface area (Å²) < 4.78 is 39.8. The molecule has 0 aliphatic carbocycles. The van der Waals surface area contributed by atoms with Gasteiger partial charge in [0, 0.05) is 39.0 Å². The smallest absolute Gasteiger partial charge is 0.243 e.